The highest BCUT2D eigenvalue weighted by Crippen LogP contribution is 2.27. The van der Waals surface area contributed by atoms with Crippen LogP contribution < -0.4 is 9.47 Å². The molecule has 8 heteroatoms. The Balaban J connectivity index is 1.46. The highest BCUT2D eigenvalue weighted by atomic mass is 32.2. The minimum Gasteiger partial charge on any atom is -0.493 e. The molecule has 164 valence electrons. The van der Waals surface area contributed by atoms with Crippen LogP contribution in [-0.2, 0) is 17.9 Å². The van der Waals surface area contributed by atoms with E-state index in [-0.39, 0.29) is 0 Å². The van der Waals surface area contributed by atoms with Crippen LogP contribution in [0.2, 0.25) is 0 Å². The summed E-state index contributed by atoms with van der Waals surface area (Å²) in [5.41, 5.74) is 1.20. The molecular formula is C23H28N4O3S. The number of thioether (sulfide) groups is 1. The van der Waals surface area contributed by atoms with Gasteiger partial charge < -0.3 is 14.2 Å². The normalized spacial score (nSPS) is 14.5. The molecule has 0 radical (unpaired) electrons. The number of methoxy groups -OCH3 is 1. The first-order valence-electron chi connectivity index (χ1n) is 10.5. The van der Waals surface area contributed by atoms with Crippen LogP contribution >= 0.6 is 11.8 Å². The molecule has 0 saturated carbocycles. The number of nitrogens with zero attached hydrogens (tertiary/aromatic N) is 4. The zero-order chi connectivity index (χ0) is 21.3. The average molecular weight is 441 g/mol. The van der Waals surface area contributed by atoms with E-state index in [1.807, 2.05) is 30.3 Å². The summed E-state index contributed by atoms with van der Waals surface area (Å²) in [6.07, 6.45) is 0. The summed E-state index contributed by atoms with van der Waals surface area (Å²) in [5, 5.41) is 9.83. The molecular weight excluding hydrogens is 412 g/mol. The predicted molar refractivity (Wildman–Crippen MR) is 121 cm³/mol. The number of hydrogen-bond donors (Lipinski definition) is 0. The van der Waals surface area contributed by atoms with Gasteiger partial charge in [0, 0.05) is 25.4 Å². The van der Waals surface area contributed by atoms with Gasteiger partial charge in [0.15, 0.2) is 22.5 Å². The molecule has 0 aliphatic carbocycles. The maximum atomic E-state index is 6.03. The number of rotatable bonds is 10. The van der Waals surface area contributed by atoms with Gasteiger partial charge in [0.1, 0.15) is 6.61 Å². The molecule has 7 nitrogen and oxygen atoms in total. The summed E-state index contributed by atoms with van der Waals surface area (Å²) in [6.45, 7) is 5.67. The lowest BCUT2D eigenvalue weighted by Crippen LogP contribution is -2.37. The molecule has 2 heterocycles. The maximum Gasteiger partial charge on any atom is 0.191 e. The molecule has 31 heavy (non-hydrogen) atoms. The minimum absolute atomic E-state index is 0.324. The Morgan fingerprint density at radius 1 is 0.968 bits per heavy atom. The van der Waals surface area contributed by atoms with Crippen molar-refractivity contribution < 1.29 is 14.2 Å². The molecule has 3 aromatic rings. The first kappa shape index (κ1) is 21.7. The zero-order valence-corrected chi connectivity index (χ0v) is 18.6. The van der Waals surface area contributed by atoms with E-state index in [1.54, 1.807) is 18.9 Å². The van der Waals surface area contributed by atoms with E-state index in [0.717, 1.165) is 49.6 Å². The van der Waals surface area contributed by atoms with Crippen molar-refractivity contribution in [2.75, 3.05) is 45.7 Å². The molecule has 1 aliphatic heterocycles. The maximum absolute atomic E-state index is 6.03. The van der Waals surface area contributed by atoms with Crippen LogP contribution in [0, 0.1) is 0 Å². The number of ether oxygens (including phenoxy) is 3. The number of benzene rings is 2. The van der Waals surface area contributed by atoms with Crippen LogP contribution in [0.3, 0.4) is 0 Å². The van der Waals surface area contributed by atoms with Crippen LogP contribution in [0.5, 0.6) is 11.5 Å². The van der Waals surface area contributed by atoms with Gasteiger partial charge in [-0.1, -0.05) is 54.2 Å². The van der Waals surface area contributed by atoms with Crippen molar-refractivity contribution in [1.82, 2.24) is 19.7 Å². The molecule has 1 saturated heterocycles. The Hall–Kier alpha value is -2.55. The highest BCUT2D eigenvalue weighted by Gasteiger charge is 2.16. The van der Waals surface area contributed by atoms with Gasteiger partial charge in [-0.3, -0.25) is 9.47 Å². The van der Waals surface area contributed by atoms with Gasteiger partial charge in [-0.2, -0.15) is 0 Å². The lowest BCUT2D eigenvalue weighted by molar-refractivity contribution is 0.0410. The summed E-state index contributed by atoms with van der Waals surface area (Å²) in [5.74, 6) is 3.15. The third-order valence-corrected chi connectivity index (χ3v) is 6.09. The lowest BCUT2D eigenvalue weighted by Gasteiger charge is -2.26. The van der Waals surface area contributed by atoms with E-state index in [0.29, 0.717) is 24.7 Å². The fourth-order valence-electron chi connectivity index (χ4n) is 3.43. The van der Waals surface area contributed by atoms with Crippen LogP contribution in [0.4, 0.5) is 0 Å². The smallest absolute Gasteiger partial charge is 0.191 e. The first-order valence-corrected chi connectivity index (χ1v) is 11.5. The van der Waals surface area contributed by atoms with Gasteiger partial charge in [-0.25, -0.2) is 0 Å². The van der Waals surface area contributed by atoms with Crippen LogP contribution in [0.15, 0.2) is 59.8 Å². The van der Waals surface area contributed by atoms with E-state index in [4.69, 9.17) is 14.2 Å². The molecule has 1 fully saturated rings. The van der Waals surface area contributed by atoms with Gasteiger partial charge in [0.2, 0.25) is 0 Å². The van der Waals surface area contributed by atoms with Crippen LogP contribution in [0.1, 0.15) is 11.4 Å². The predicted octanol–water partition coefficient (Wildman–Crippen LogP) is 3.34. The standard InChI is InChI=1S/C23H28N4O3S/c1-28-20-9-5-6-10-21(20)30-18-22-24-25-23(27(22)17-19-7-3-2-4-8-19)31-16-13-26-11-14-29-15-12-26/h2-10H,11-18H2,1H3. The molecule has 1 aliphatic rings. The second-order valence-electron chi connectivity index (χ2n) is 7.21. The molecule has 0 unspecified atom stereocenters. The molecule has 0 bridgehead atoms. The summed E-state index contributed by atoms with van der Waals surface area (Å²) >= 11 is 1.74. The van der Waals surface area contributed by atoms with E-state index in [2.05, 4.69) is 43.9 Å². The van der Waals surface area contributed by atoms with Gasteiger partial charge >= 0.3 is 0 Å². The molecule has 0 amide bonds. The molecule has 0 N–H and O–H groups in total. The van der Waals surface area contributed by atoms with Crippen molar-refractivity contribution in [3.8, 4) is 11.5 Å². The number of morpholine rings is 1. The minimum atomic E-state index is 0.324. The molecule has 1 aromatic heterocycles. The Morgan fingerprint density at radius 2 is 1.71 bits per heavy atom. The van der Waals surface area contributed by atoms with E-state index >= 15 is 0 Å². The molecule has 4 rings (SSSR count). The zero-order valence-electron chi connectivity index (χ0n) is 17.8. The number of para-hydroxylation sites is 2. The summed E-state index contributed by atoms with van der Waals surface area (Å²) in [4.78, 5) is 2.43. The SMILES string of the molecule is COc1ccccc1OCc1nnc(SCCN2CCOCC2)n1Cc1ccccc1. The van der Waals surface area contributed by atoms with Crippen molar-refractivity contribution in [3.05, 3.63) is 66.0 Å². The molecule has 0 spiro atoms. The van der Waals surface area contributed by atoms with Gasteiger partial charge in [-0.05, 0) is 17.7 Å². The first-order chi connectivity index (χ1) is 15.3. The van der Waals surface area contributed by atoms with Gasteiger partial charge in [0.05, 0.1) is 26.9 Å². The average Bonchev–Trinajstić information content (AvgIpc) is 3.20. The lowest BCUT2D eigenvalue weighted by atomic mass is 10.2. The largest absolute Gasteiger partial charge is 0.493 e. The van der Waals surface area contributed by atoms with E-state index in [1.165, 1.54) is 5.56 Å². The monoisotopic (exact) mass is 440 g/mol. The second-order valence-corrected chi connectivity index (χ2v) is 8.27. The van der Waals surface area contributed by atoms with Gasteiger partial charge in [0.25, 0.3) is 0 Å². The Morgan fingerprint density at radius 3 is 2.48 bits per heavy atom. The second kappa shape index (κ2) is 11.2. The van der Waals surface area contributed by atoms with Gasteiger partial charge in [-0.15, -0.1) is 10.2 Å². The summed E-state index contributed by atoms with van der Waals surface area (Å²) in [6, 6.07) is 18.0. The third kappa shape index (κ3) is 6.00. The van der Waals surface area contributed by atoms with Crippen molar-refractivity contribution in [2.45, 2.75) is 18.3 Å². The fourth-order valence-corrected chi connectivity index (χ4v) is 4.38. The van der Waals surface area contributed by atoms with Crippen molar-refractivity contribution >= 4 is 11.8 Å². The van der Waals surface area contributed by atoms with Crippen molar-refractivity contribution in [2.24, 2.45) is 0 Å². The quantitative estimate of drug-likeness (QED) is 0.448. The third-order valence-electron chi connectivity index (χ3n) is 5.15. The van der Waals surface area contributed by atoms with E-state index in [9.17, 15) is 0 Å². The number of hydrogen-bond acceptors (Lipinski definition) is 7. The molecule has 2 aromatic carbocycles. The van der Waals surface area contributed by atoms with E-state index < -0.39 is 0 Å². The van der Waals surface area contributed by atoms with Crippen LogP contribution in [-0.4, -0.2) is 65.4 Å². The van der Waals surface area contributed by atoms with Crippen molar-refractivity contribution in [3.63, 3.8) is 0 Å². The molecule has 0 atom stereocenters. The van der Waals surface area contributed by atoms with Crippen molar-refractivity contribution in [1.29, 1.82) is 0 Å². The Kier molecular flexibility index (Phi) is 7.81. The fraction of sp³-hybridized carbons (Fsp3) is 0.391. The Bertz CT molecular complexity index is 945. The summed E-state index contributed by atoms with van der Waals surface area (Å²) in [7, 11) is 1.64. The highest BCUT2D eigenvalue weighted by molar-refractivity contribution is 7.99. The summed E-state index contributed by atoms with van der Waals surface area (Å²) < 4.78 is 19.0. The number of aromatic nitrogens is 3. The Labute approximate surface area is 187 Å². The topological polar surface area (TPSA) is 61.6 Å². The van der Waals surface area contributed by atoms with Crippen LogP contribution in [0.25, 0.3) is 0 Å².